The van der Waals surface area contributed by atoms with E-state index < -0.39 is 0 Å². The number of aliphatic hydroxyl groups excluding tert-OH is 1. The molecule has 3 atom stereocenters. The molecule has 0 radical (unpaired) electrons. The van der Waals surface area contributed by atoms with Crippen LogP contribution in [0.1, 0.15) is 46.0 Å². The molecule has 0 bridgehead atoms. The number of amides is 2. The van der Waals surface area contributed by atoms with Crippen molar-refractivity contribution >= 4 is 6.03 Å². The average Bonchev–Trinajstić information content (AvgIpc) is 2.37. The molecule has 0 spiro atoms. The van der Waals surface area contributed by atoms with Crippen molar-refractivity contribution in [1.29, 1.82) is 0 Å². The Hall–Kier alpha value is -0.810. The van der Waals surface area contributed by atoms with Crippen LogP contribution in [-0.4, -0.2) is 55.4 Å². The van der Waals surface area contributed by atoms with Crippen molar-refractivity contribution in [3.63, 3.8) is 0 Å². The van der Waals surface area contributed by atoms with Crippen LogP contribution in [0.4, 0.5) is 4.79 Å². The van der Waals surface area contributed by atoms with Gasteiger partial charge in [0, 0.05) is 31.2 Å². The van der Waals surface area contributed by atoms with Crippen molar-refractivity contribution < 1.29 is 9.90 Å². The normalized spacial score (nSPS) is 24.1. The van der Waals surface area contributed by atoms with Gasteiger partial charge in [0.1, 0.15) is 0 Å². The van der Waals surface area contributed by atoms with Crippen molar-refractivity contribution in [3.05, 3.63) is 0 Å². The Morgan fingerprint density at radius 3 is 2.52 bits per heavy atom. The fraction of sp³-hybridized carbons (Fsp3) is 0.938. The Morgan fingerprint density at radius 1 is 1.29 bits per heavy atom. The van der Waals surface area contributed by atoms with Gasteiger partial charge in [0.05, 0.1) is 0 Å². The zero-order chi connectivity index (χ0) is 15.8. The van der Waals surface area contributed by atoms with E-state index in [9.17, 15) is 9.90 Å². The van der Waals surface area contributed by atoms with Gasteiger partial charge in [-0.1, -0.05) is 26.7 Å². The number of rotatable bonds is 7. The molecule has 5 nitrogen and oxygen atoms in total. The minimum absolute atomic E-state index is 0.0900. The Bertz CT molecular complexity index is 298. The van der Waals surface area contributed by atoms with Gasteiger partial charge >= 0.3 is 6.03 Å². The fourth-order valence-corrected chi connectivity index (χ4v) is 3.20. The molecule has 1 fully saturated rings. The van der Waals surface area contributed by atoms with Crippen LogP contribution in [0.25, 0.3) is 0 Å². The zero-order valence-corrected chi connectivity index (χ0v) is 14.1. The average molecular weight is 299 g/mol. The molecule has 0 aromatic rings. The molecule has 0 saturated heterocycles. The lowest BCUT2D eigenvalue weighted by Crippen LogP contribution is -2.52. The van der Waals surface area contributed by atoms with Gasteiger partial charge in [0.15, 0.2) is 0 Å². The van der Waals surface area contributed by atoms with Gasteiger partial charge in [0.2, 0.25) is 0 Å². The van der Waals surface area contributed by atoms with Gasteiger partial charge in [-0.05, 0) is 39.3 Å². The van der Waals surface area contributed by atoms with Crippen LogP contribution in [0.15, 0.2) is 0 Å². The Balaban J connectivity index is 2.48. The molecule has 1 aliphatic carbocycles. The predicted octanol–water partition coefficient (Wildman–Crippen LogP) is 1.81. The first-order valence-electron chi connectivity index (χ1n) is 8.25. The van der Waals surface area contributed by atoms with Gasteiger partial charge in [-0.25, -0.2) is 4.79 Å². The molecular formula is C16H33N3O2. The van der Waals surface area contributed by atoms with Crippen LogP contribution in [0, 0.1) is 11.8 Å². The van der Waals surface area contributed by atoms with Gasteiger partial charge in [-0.15, -0.1) is 0 Å². The summed E-state index contributed by atoms with van der Waals surface area (Å²) in [6.07, 6.45) is 5.24. The first-order chi connectivity index (χ1) is 9.92. The van der Waals surface area contributed by atoms with E-state index in [1.54, 1.807) is 0 Å². The summed E-state index contributed by atoms with van der Waals surface area (Å²) in [7, 11) is 4.05. The second-order valence-electron chi connectivity index (χ2n) is 7.04. The molecule has 1 saturated carbocycles. The van der Waals surface area contributed by atoms with Crippen molar-refractivity contribution in [3.8, 4) is 0 Å². The molecule has 5 heteroatoms. The largest absolute Gasteiger partial charge is 0.396 e. The highest BCUT2D eigenvalue weighted by Crippen LogP contribution is 2.23. The smallest absolute Gasteiger partial charge is 0.315 e. The van der Waals surface area contributed by atoms with E-state index in [1.807, 2.05) is 14.1 Å². The van der Waals surface area contributed by atoms with Crippen LogP contribution < -0.4 is 10.6 Å². The highest BCUT2D eigenvalue weighted by Gasteiger charge is 2.26. The first kappa shape index (κ1) is 18.2. The zero-order valence-electron chi connectivity index (χ0n) is 14.1. The van der Waals surface area contributed by atoms with E-state index in [2.05, 4.69) is 29.4 Å². The summed E-state index contributed by atoms with van der Waals surface area (Å²) in [6.45, 7) is 5.36. The molecule has 124 valence electrons. The lowest BCUT2D eigenvalue weighted by atomic mass is 9.85. The number of hydrogen-bond donors (Lipinski definition) is 3. The molecule has 1 aliphatic rings. The summed E-state index contributed by atoms with van der Waals surface area (Å²) in [5.74, 6) is 0.761. The van der Waals surface area contributed by atoms with E-state index in [0.717, 1.165) is 38.6 Å². The maximum Gasteiger partial charge on any atom is 0.315 e. The number of nitrogens with zero attached hydrogens (tertiary/aromatic N) is 1. The van der Waals surface area contributed by atoms with E-state index in [0.29, 0.717) is 5.92 Å². The highest BCUT2D eigenvalue weighted by molar-refractivity contribution is 5.74. The number of likely N-dealkylation sites (N-methyl/N-ethyl adjacent to an activating group) is 1. The minimum Gasteiger partial charge on any atom is -0.396 e. The first-order valence-corrected chi connectivity index (χ1v) is 8.25. The maximum atomic E-state index is 12.2. The van der Waals surface area contributed by atoms with E-state index in [1.165, 1.54) is 0 Å². The Labute approximate surface area is 129 Å². The molecule has 3 N–H and O–H groups in total. The van der Waals surface area contributed by atoms with Gasteiger partial charge in [-0.3, -0.25) is 0 Å². The van der Waals surface area contributed by atoms with Gasteiger partial charge < -0.3 is 20.6 Å². The predicted molar refractivity (Wildman–Crippen MR) is 86.3 cm³/mol. The van der Waals surface area contributed by atoms with Crippen LogP contribution in [0.3, 0.4) is 0 Å². The van der Waals surface area contributed by atoms with Crippen LogP contribution >= 0.6 is 0 Å². The molecule has 0 aromatic carbocycles. The van der Waals surface area contributed by atoms with Crippen molar-refractivity contribution in [2.24, 2.45) is 11.8 Å². The number of carbonyl (C=O) groups excluding carboxylic acids is 1. The summed E-state index contributed by atoms with van der Waals surface area (Å²) in [6, 6.07) is 0.187. The van der Waals surface area contributed by atoms with Crippen molar-refractivity contribution in [1.82, 2.24) is 15.5 Å². The summed E-state index contributed by atoms with van der Waals surface area (Å²) in [4.78, 5) is 14.3. The number of aliphatic hydroxyl groups is 1. The van der Waals surface area contributed by atoms with Crippen LogP contribution in [0.2, 0.25) is 0 Å². The molecule has 0 aromatic heterocycles. The highest BCUT2D eigenvalue weighted by atomic mass is 16.3. The second kappa shape index (κ2) is 9.26. The molecular weight excluding hydrogens is 266 g/mol. The fourth-order valence-electron chi connectivity index (χ4n) is 3.20. The topological polar surface area (TPSA) is 64.6 Å². The summed E-state index contributed by atoms with van der Waals surface area (Å²) in [5.41, 5.74) is 0. The van der Waals surface area contributed by atoms with E-state index in [-0.39, 0.29) is 30.6 Å². The third-order valence-electron chi connectivity index (χ3n) is 4.14. The molecule has 0 heterocycles. The maximum absolute atomic E-state index is 12.2. The van der Waals surface area contributed by atoms with E-state index >= 15 is 0 Å². The third-order valence-corrected chi connectivity index (χ3v) is 4.14. The Kier molecular flexibility index (Phi) is 8.04. The number of carbonyl (C=O) groups is 1. The number of urea groups is 1. The monoisotopic (exact) mass is 299 g/mol. The van der Waals surface area contributed by atoms with Crippen molar-refractivity contribution in [2.45, 2.75) is 58.0 Å². The van der Waals surface area contributed by atoms with Crippen molar-refractivity contribution in [2.75, 3.05) is 27.2 Å². The van der Waals surface area contributed by atoms with Crippen LogP contribution in [0.5, 0.6) is 0 Å². The standard InChI is InChI=1S/C16H33N3O2/c1-12(2)9-14(10-19(3)4)17-16(21)18-15-8-6-5-7-13(15)11-20/h12-15,20H,5-11H2,1-4H3,(H2,17,18,21). The lowest BCUT2D eigenvalue weighted by molar-refractivity contribution is 0.152. The molecule has 1 rings (SSSR count). The number of hydrogen-bond acceptors (Lipinski definition) is 3. The van der Waals surface area contributed by atoms with Crippen LogP contribution in [-0.2, 0) is 0 Å². The molecule has 3 unspecified atom stereocenters. The Morgan fingerprint density at radius 2 is 1.95 bits per heavy atom. The third kappa shape index (κ3) is 7.14. The second-order valence-corrected chi connectivity index (χ2v) is 7.04. The van der Waals surface area contributed by atoms with E-state index in [4.69, 9.17) is 0 Å². The SMILES string of the molecule is CC(C)CC(CN(C)C)NC(=O)NC1CCCCC1CO. The van der Waals surface area contributed by atoms with Gasteiger partial charge in [0.25, 0.3) is 0 Å². The summed E-state index contributed by atoms with van der Waals surface area (Å²) in [5, 5.41) is 15.6. The quantitative estimate of drug-likeness (QED) is 0.672. The lowest BCUT2D eigenvalue weighted by Gasteiger charge is -2.32. The minimum atomic E-state index is -0.0900. The number of nitrogens with one attached hydrogen (secondary N) is 2. The molecule has 21 heavy (non-hydrogen) atoms. The summed E-state index contributed by atoms with van der Waals surface area (Å²) >= 11 is 0. The summed E-state index contributed by atoms with van der Waals surface area (Å²) < 4.78 is 0. The van der Waals surface area contributed by atoms with Gasteiger partial charge in [-0.2, -0.15) is 0 Å². The molecule has 2 amide bonds. The molecule has 0 aliphatic heterocycles.